The highest BCUT2D eigenvalue weighted by molar-refractivity contribution is 5.19. The van der Waals surface area contributed by atoms with Crippen LogP contribution in [-0.4, -0.2) is 9.55 Å². The van der Waals surface area contributed by atoms with Crippen molar-refractivity contribution in [3.05, 3.63) is 64.1 Å². The summed E-state index contributed by atoms with van der Waals surface area (Å²) in [6.45, 7) is 2.02. The summed E-state index contributed by atoms with van der Waals surface area (Å²) in [5.74, 6) is -0.336. The van der Waals surface area contributed by atoms with Crippen LogP contribution in [0, 0.1) is 12.7 Å². The lowest BCUT2D eigenvalue weighted by atomic mass is 10.1. The first kappa shape index (κ1) is 12.4. The summed E-state index contributed by atoms with van der Waals surface area (Å²) >= 11 is 0. The molecule has 0 amide bonds. The third-order valence-corrected chi connectivity index (χ3v) is 2.69. The molecule has 94 valence electrons. The topological polar surface area (TPSA) is 60.9 Å². The van der Waals surface area contributed by atoms with Crippen LogP contribution < -0.4 is 11.3 Å². The standard InChI is InChI=1S/C13H14FN3O/c1-9-5-13(18)17(8-16-9)7-12(15)10-3-2-4-11(14)6-10/h2-6,8,12H,7,15H2,1H3. The molecule has 1 unspecified atom stereocenters. The number of halogens is 1. The van der Waals surface area contributed by atoms with Gasteiger partial charge in [0.2, 0.25) is 0 Å². The van der Waals surface area contributed by atoms with Crippen molar-refractivity contribution in [3.8, 4) is 0 Å². The van der Waals surface area contributed by atoms with Gasteiger partial charge in [0.05, 0.1) is 6.33 Å². The molecule has 1 heterocycles. The molecule has 0 fully saturated rings. The van der Waals surface area contributed by atoms with Gasteiger partial charge in [-0.05, 0) is 24.6 Å². The van der Waals surface area contributed by atoms with E-state index in [4.69, 9.17) is 5.73 Å². The molecule has 4 nitrogen and oxygen atoms in total. The van der Waals surface area contributed by atoms with Crippen molar-refractivity contribution in [2.24, 2.45) is 5.73 Å². The molecule has 0 saturated carbocycles. The zero-order valence-corrected chi connectivity index (χ0v) is 10.0. The molecule has 0 saturated heterocycles. The maximum Gasteiger partial charge on any atom is 0.253 e. The molecule has 1 aromatic heterocycles. The fourth-order valence-corrected chi connectivity index (χ4v) is 1.71. The first-order valence-electron chi connectivity index (χ1n) is 5.60. The quantitative estimate of drug-likeness (QED) is 0.891. The zero-order chi connectivity index (χ0) is 13.1. The minimum Gasteiger partial charge on any atom is -0.322 e. The molecular weight excluding hydrogens is 233 g/mol. The second kappa shape index (κ2) is 5.10. The van der Waals surface area contributed by atoms with Gasteiger partial charge < -0.3 is 5.73 Å². The van der Waals surface area contributed by atoms with Crippen molar-refractivity contribution >= 4 is 0 Å². The number of benzene rings is 1. The molecule has 5 heteroatoms. The Bertz CT molecular complexity index is 609. The smallest absolute Gasteiger partial charge is 0.253 e. The number of aromatic nitrogens is 2. The first-order valence-corrected chi connectivity index (χ1v) is 5.60. The SMILES string of the molecule is Cc1cc(=O)n(CC(N)c2cccc(F)c2)cn1. The van der Waals surface area contributed by atoms with E-state index in [-0.39, 0.29) is 17.9 Å². The van der Waals surface area contributed by atoms with Crippen molar-refractivity contribution in [2.45, 2.75) is 19.5 Å². The summed E-state index contributed by atoms with van der Waals surface area (Å²) in [6, 6.07) is 7.06. The molecule has 2 rings (SSSR count). The summed E-state index contributed by atoms with van der Waals surface area (Å²) in [7, 11) is 0. The monoisotopic (exact) mass is 247 g/mol. The molecule has 2 aromatic rings. The molecule has 2 N–H and O–H groups in total. The molecule has 0 bridgehead atoms. The maximum absolute atomic E-state index is 13.1. The van der Waals surface area contributed by atoms with Crippen molar-refractivity contribution in [3.63, 3.8) is 0 Å². The van der Waals surface area contributed by atoms with Crippen LogP contribution in [0.1, 0.15) is 17.3 Å². The van der Waals surface area contributed by atoms with E-state index in [0.717, 1.165) is 0 Å². The van der Waals surface area contributed by atoms with Crippen LogP contribution in [-0.2, 0) is 6.54 Å². The van der Waals surface area contributed by atoms with E-state index in [2.05, 4.69) is 4.98 Å². The Balaban J connectivity index is 2.21. The number of nitrogens with zero attached hydrogens (tertiary/aromatic N) is 2. The molecule has 0 aliphatic carbocycles. The zero-order valence-electron chi connectivity index (χ0n) is 10.0. The second-order valence-corrected chi connectivity index (χ2v) is 4.18. The summed E-state index contributed by atoms with van der Waals surface area (Å²) in [6.07, 6.45) is 1.46. The third kappa shape index (κ3) is 2.81. The van der Waals surface area contributed by atoms with Gasteiger partial charge in [-0.3, -0.25) is 9.36 Å². The van der Waals surface area contributed by atoms with Crippen LogP contribution in [0.5, 0.6) is 0 Å². The van der Waals surface area contributed by atoms with Crippen LogP contribution >= 0.6 is 0 Å². The normalized spacial score (nSPS) is 12.4. The van der Waals surface area contributed by atoms with Gasteiger partial charge in [0.1, 0.15) is 5.82 Å². The first-order chi connectivity index (χ1) is 8.56. The van der Waals surface area contributed by atoms with Crippen LogP contribution in [0.4, 0.5) is 4.39 Å². The van der Waals surface area contributed by atoms with Crippen molar-refractivity contribution < 1.29 is 4.39 Å². The van der Waals surface area contributed by atoms with Crippen molar-refractivity contribution in [1.82, 2.24) is 9.55 Å². The Morgan fingerprint density at radius 1 is 1.44 bits per heavy atom. The Kier molecular flexibility index (Phi) is 3.53. The van der Waals surface area contributed by atoms with Gasteiger partial charge >= 0.3 is 0 Å². The van der Waals surface area contributed by atoms with Crippen molar-refractivity contribution in [1.29, 1.82) is 0 Å². The van der Waals surface area contributed by atoms with E-state index in [1.165, 1.54) is 29.1 Å². The second-order valence-electron chi connectivity index (χ2n) is 4.18. The summed E-state index contributed by atoms with van der Waals surface area (Å²) in [5.41, 5.74) is 7.11. The van der Waals surface area contributed by atoms with Crippen molar-refractivity contribution in [2.75, 3.05) is 0 Å². The van der Waals surface area contributed by atoms with E-state index in [9.17, 15) is 9.18 Å². The highest BCUT2D eigenvalue weighted by Gasteiger charge is 2.08. The Morgan fingerprint density at radius 3 is 2.89 bits per heavy atom. The third-order valence-electron chi connectivity index (χ3n) is 2.69. The highest BCUT2D eigenvalue weighted by Crippen LogP contribution is 2.12. The number of nitrogens with two attached hydrogens (primary N) is 1. The average molecular weight is 247 g/mol. The predicted molar refractivity (Wildman–Crippen MR) is 66.6 cm³/mol. The average Bonchev–Trinajstić information content (AvgIpc) is 2.32. The van der Waals surface area contributed by atoms with E-state index in [0.29, 0.717) is 11.3 Å². The maximum atomic E-state index is 13.1. The Morgan fingerprint density at radius 2 is 2.22 bits per heavy atom. The van der Waals surface area contributed by atoms with Gasteiger partial charge in [0.25, 0.3) is 5.56 Å². The summed E-state index contributed by atoms with van der Waals surface area (Å²) in [4.78, 5) is 15.7. The molecule has 0 aliphatic rings. The van der Waals surface area contributed by atoms with E-state index >= 15 is 0 Å². The van der Waals surface area contributed by atoms with Gasteiger partial charge in [0, 0.05) is 24.3 Å². The highest BCUT2D eigenvalue weighted by atomic mass is 19.1. The molecule has 0 spiro atoms. The van der Waals surface area contributed by atoms with Gasteiger partial charge in [-0.1, -0.05) is 12.1 Å². The van der Waals surface area contributed by atoms with E-state index in [1.54, 1.807) is 19.1 Å². The fourth-order valence-electron chi connectivity index (χ4n) is 1.71. The minimum atomic E-state index is -0.442. The van der Waals surface area contributed by atoms with E-state index in [1.807, 2.05) is 0 Å². The van der Waals surface area contributed by atoms with Crippen LogP contribution in [0.25, 0.3) is 0 Å². The molecule has 0 aliphatic heterocycles. The summed E-state index contributed by atoms with van der Waals surface area (Å²) in [5, 5.41) is 0. The predicted octanol–water partition coefficient (Wildman–Crippen LogP) is 1.39. The van der Waals surface area contributed by atoms with Gasteiger partial charge in [-0.25, -0.2) is 9.37 Å². The lowest BCUT2D eigenvalue weighted by molar-refractivity contribution is 0.547. The van der Waals surface area contributed by atoms with Crippen LogP contribution in [0.3, 0.4) is 0 Å². The number of hydrogen-bond donors (Lipinski definition) is 1. The molecular formula is C13H14FN3O. The van der Waals surface area contributed by atoms with Gasteiger partial charge in [-0.2, -0.15) is 0 Å². The largest absolute Gasteiger partial charge is 0.322 e. The molecule has 0 radical (unpaired) electrons. The molecule has 1 atom stereocenters. The number of rotatable bonds is 3. The van der Waals surface area contributed by atoms with Crippen LogP contribution in [0.2, 0.25) is 0 Å². The summed E-state index contributed by atoms with van der Waals surface area (Å²) < 4.78 is 14.5. The fraction of sp³-hybridized carbons (Fsp3) is 0.231. The minimum absolute atomic E-state index is 0.158. The Hall–Kier alpha value is -2.01. The number of hydrogen-bond acceptors (Lipinski definition) is 3. The van der Waals surface area contributed by atoms with Gasteiger partial charge in [0.15, 0.2) is 0 Å². The lowest BCUT2D eigenvalue weighted by Crippen LogP contribution is -2.26. The molecule has 1 aromatic carbocycles. The Labute approximate surface area is 104 Å². The number of aryl methyl sites for hydroxylation is 1. The lowest BCUT2D eigenvalue weighted by Gasteiger charge is -2.13. The van der Waals surface area contributed by atoms with Gasteiger partial charge in [-0.15, -0.1) is 0 Å². The van der Waals surface area contributed by atoms with E-state index < -0.39 is 6.04 Å². The molecule has 18 heavy (non-hydrogen) atoms. The van der Waals surface area contributed by atoms with Crippen LogP contribution in [0.15, 0.2) is 41.5 Å².